The first-order valence-electron chi connectivity index (χ1n) is 4.95. The zero-order valence-electron chi connectivity index (χ0n) is 8.44. The first kappa shape index (κ1) is 10.6. The quantitative estimate of drug-likeness (QED) is 0.903. The van der Waals surface area contributed by atoms with Gasteiger partial charge in [-0.2, -0.15) is 0 Å². The SMILES string of the molecule is CCC(O)c1nc2ccccc2cc1Br. The molecule has 0 saturated heterocycles. The largest absolute Gasteiger partial charge is 0.387 e. The number of benzene rings is 1. The summed E-state index contributed by atoms with van der Waals surface area (Å²) in [5.74, 6) is 0. The van der Waals surface area contributed by atoms with Crippen LogP contribution in [0.5, 0.6) is 0 Å². The van der Waals surface area contributed by atoms with Gasteiger partial charge >= 0.3 is 0 Å². The molecule has 2 aromatic rings. The van der Waals surface area contributed by atoms with Crippen molar-refractivity contribution >= 4 is 26.8 Å². The standard InChI is InChI=1S/C12H12BrNO/c1-2-11(15)12-9(13)7-8-5-3-4-6-10(8)14-12/h3-7,11,15H,2H2,1H3. The molecule has 15 heavy (non-hydrogen) atoms. The zero-order chi connectivity index (χ0) is 10.8. The van der Waals surface area contributed by atoms with E-state index >= 15 is 0 Å². The number of pyridine rings is 1. The number of hydrogen-bond donors (Lipinski definition) is 1. The minimum atomic E-state index is -0.496. The molecule has 2 rings (SSSR count). The van der Waals surface area contributed by atoms with Crippen LogP contribution in [0.4, 0.5) is 0 Å². The van der Waals surface area contributed by atoms with E-state index in [2.05, 4.69) is 20.9 Å². The molecule has 1 heterocycles. The van der Waals surface area contributed by atoms with Gasteiger partial charge in [0.2, 0.25) is 0 Å². The third kappa shape index (κ3) is 2.03. The number of fused-ring (bicyclic) bond motifs is 1. The van der Waals surface area contributed by atoms with Gasteiger partial charge in [-0.05, 0) is 34.5 Å². The lowest BCUT2D eigenvalue weighted by Crippen LogP contribution is -2.00. The van der Waals surface area contributed by atoms with Gasteiger partial charge in [0.15, 0.2) is 0 Å². The van der Waals surface area contributed by atoms with Gasteiger partial charge in [-0.3, -0.25) is 0 Å². The van der Waals surface area contributed by atoms with Crippen molar-refractivity contribution in [1.29, 1.82) is 0 Å². The lowest BCUT2D eigenvalue weighted by Gasteiger charge is -2.10. The average Bonchev–Trinajstić information content (AvgIpc) is 2.27. The average molecular weight is 266 g/mol. The molecule has 0 saturated carbocycles. The van der Waals surface area contributed by atoms with E-state index in [1.165, 1.54) is 0 Å². The van der Waals surface area contributed by atoms with Crippen LogP contribution < -0.4 is 0 Å². The normalized spacial score (nSPS) is 13.0. The molecule has 0 aliphatic carbocycles. The highest BCUT2D eigenvalue weighted by Crippen LogP contribution is 2.27. The summed E-state index contributed by atoms with van der Waals surface area (Å²) in [4.78, 5) is 4.45. The molecule has 1 unspecified atom stereocenters. The molecule has 1 aromatic heterocycles. The fourth-order valence-electron chi connectivity index (χ4n) is 1.53. The lowest BCUT2D eigenvalue weighted by molar-refractivity contribution is 0.168. The first-order chi connectivity index (χ1) is 7.22. The van der Waals surface area contributed by atoms with Gasteiger partial charge in [-0.25, -0.2) is 4.98 Å². The third-order valence-corrected chi connectivity index (χ3v) is 3.04. The summed E-state index contributed by atoms with van der Waals surface area (Å²) in [7, 11) is 0. The van der Waals surface area contributed by atoms with E-state index in [9.17, 15) is 5.11 Å². The molecule has 0 amide bonds. The second-order valence-electron chi connectivity index (χ2n) is 3.47. The van der Waals surface area contributed by atoms with Crippen molar-refractivity contribution in [3.05, 3.63) is 40.5 Å². The molecule has 0 bridgehead atoms. The molecule has 78 valence electrons. The zero-order valence-corrected chi connectivity index (χ0v) is 10.0. The summed E-state index contributed by atoms with van der Waals surface area (Å²) in [5.41, 5.74) is 1.64. The predicted molar refractivity (Wildman–Crippen MR) is 64.7 cm³/mol. The van der Waals surface area contributed by atoms with E-state index in [4.69, 9.17) is 0 Å². The predicted octanol–water partition coefficient (Wildman–Crippen LogP) is 3.44. The highest BCUT2D eigenvalue weighted by atomic mass is 79.9. The molecular formula is C12H12BrNO. The Bertz CT molecular complexity index is 484. The maximum Gasteiger partial charge on any atom is 0.0968 e. The second kappa shape index (κ2) is 4.29. The molecule has 0 radical (unpaired) electrons. The number of hydrogen-bond acceptors (Lipinski definition) is 2. The Morgan fingerprint density at radius 2 is 2.13 bits per heavy atom. The van der Waals surface area contributed by atoms with E-state index in [-0.39, 0.29) is 0 Å². The van der Waals surface area contributed by atoms with E-state index in [0.29, 0.717) is 6.42 Å². The summed E-state index contributed by atoms with van der Waals surface area (Å²) in [6.07, 6.45) is 0.174. The van der Waals surface area contributed by atoms with Gasteiger partial charge in [0.1, 0.15) is 0 Å². The van der Waals surface area contributed by atoms with E-state index in [0.717, 1.165) is 21.1 Å². The maximum absolute atomic E-state index is 9.78. The molecular weight excluding hydrogens is 254 g/mol. The van der Waals surface area contributed by atoms with Crippen molar-refractivity contribution in [3.63, 3.8) is 0 Å². The fourth-order valence-corrected chi connectivity index (χ4v) is 2.13. The molecule has 0 aliphatic heterocycles. The Balaban J connectivity index is 2.61. The minimum Gasteiger partial charge on any atom is -0.387 e. The second-order valence-corrected chi connectivity index (χ2v) is 4.33. The Morgan fingerprint density at radius 1 is 1.40 bits per heavy atom. The van der Waals surface area contributed by atoms with Crippen molar-refractivity contribution in [3.8, 4) is 0 Å². The van der Waals surface area contributed by atoms with Crippen LogP contribution in [-0.2, 0) is 0 Å². The summed E-state index contributed by atoms with van der Waals surface area (Å²) in [5, 5.41) is 10.9. The van der Waals surface area contributed by atoms with Crippen LogP contribution in [0, 0.1) is 0 Å². The van der Waals surface area contributed by atoms with E-state index < -0.39 is 6.10 Å². The highest BCUT2D eigenvalue weighted by molar-refractivity contribution is 9.10. The number of halogens is 1. The molecule has 1 N–H and O–H groups in total. The van der Waals surface area contributed by atoms with E-state index in [1.54, 1.807) is 0 Å². The molecule has 3 heteroatoms. The van der Waals surface area contributed by atoms with Gasteiger partial charge in [0, 0.05) is 9.86 Å². The topological polar surface area (TPSA) is 33.1 Å². The third-order valence-electron chi connectivity index (χ3n) is 2.41. The molecule has 1 aromatic carbocycles. The lowest BCUT2D eigenvalue weighted by atomic mass is 10.1. The Hall–Kier alpha value is -0.930. The monoisotopic (exact) mass is 265 g/mol. The highest BCUT2D eigenvalue weighted by Gasteiger charge is 2.11. The van der Waals surface area contributed by atoms with Crippen LogP contribution in [0.15, 0.2) is 34.8 Å². The Morgan fingerprint density at radius 3 is 2.87 bits per heavy atom. The number of aliphatic hydroxyl groups excluding tert-OH is 1. The van der Waals surface area contributed by atoms with Crippen molar-refractivity contribution in [1.82, 2.24) is 4.98 Å². The Kier molecular flexibility index (Phi) is 3.03. The summed E-state index contributed by atoms with van der Waals surface area (Å²) in [6.45, 7) is 1.94. The molecule has 0 spiro atoms. The molecule has 0 aliphatic rings. The number of aliphatic hydroxyl groups is 1. The van der Waals surface area contributed by atoms with Crippen molar-refractivity contribution < 1.29 is 5.11 Å². The van der Waals surface area contributed by atoms with Gasteiger partial charge in [-0.15, -0.1) is 0 Å². The van der Waals surface area contributed by atoms with Crippen LogP contribution in [-0.4, -0.2) is 10.1 Å². The van der Waals surface area contributed by atoms with Crippen molar-refractivity contribution in [2.75, 3.05) is 0 Å². The fraction of sp³-hybridized carbons (Fsp3) is 0.250. The van der Waals surface area contributed by atoms with E-state index in [1.807, 2.05) is 37.3 Å². The van der Waals surface area contributed by atoms with Crippen LogP contribution in [0.1, 0.15) is 25.1 Å². The van der Waals surface area contributed by atoms with Crippen LogP contribution >= 0.6 is 15.9 Å². The van der Waals surface area contributed by atoms with Gasteiger partial charge < -0.3 is 5.11 Å². The van der Waals surface area contributed by atoms with Gasteiger partial charge in [0.05, 0.1) is 17.3 Å². The van der Waals surface area contributed by atoms with Crippen LogP contribution in [0.2, 0.25) is 0 Å². The smallest absolute Gasteiger partial charge is 0.0968 e. The number of aromatic nitrogens is 1. The summed E-state index contributed by atoms with van der Waals surface area (Å²) >= 11 is 3.44. The summed E-state index contributed by atoms with van der Waals surface area (Å²) in [6, 6.07) is 9.89. The number of nitrogens with zero attached hydrogens (tertiary/aromatic N) is 1. The minimum absolute atomic E-state index is 0.496. The van der Waals surface area contributed by atoms with Crippen molar-refractivity contribution in [2.45, 2.75) is 19.4 Å². The molecule has 1 atom stereocenters. The van der Waals surface area contributed by atoms with Gasteiger partial charge in [0.25, 0.3) is 0 Å². The number of rotatable bonds is 2. The maximum atomic E-state index is 9.78. The van der Waals surface area contributed by atoms with Crippen molar-refractivity contribution in [2.24, 2.45) is 0 Å². The van der Waals surface area contributed by atoms with Gasteiger partial charge in [-0.1, -0.05) is 25.1 Å². The van der Waals surface area contributed by atoms with Crippen LogP contribution in [0.3, 0.4) is 0 Å². The summed E-state index contributed by atoms with van der Waals surface area (Å²) < 4.78 is 0.871. The Labute approximate surface area is 97.1 Å². The molecule has 0 fully saturated rings. The number of para-hydroxylation sites is 1. The van der Waals surface area contributed by atoms with Crippen LogP contribution in [0.25, 0.3) is 10.9 Å². The molecule has 2 nitrogen and oxygen atoms in total. The first-order valence-corrected chi connectivity index (χ1v) is 5.75.